The zero-order chi connectivity index (χ0) is 14.8. The maximum Gasteiger partial charge on any atom is 0.311 e. The van der Waals surface area contributed by atoms with Gasteiger partial charge in [-0.25, -0.2) is 4.98 Å². The molecule has 2 heterocycles. The number of nitro groups is 1. The highest BCUT2D eigenvalue weighted by Gasteiger charge is 2.23. The highest BCUT2D eigenvalue weighted by molar-refractivity contribution is 5.95. The van der Waals surface area contributed by atoms with Crippen LogP contribution in [-0.2, 0) is 0 Å². The summed E-state index contributed by atoms with van der Waals surface area (Å²) in [5.41, 5.74) is 1.38. The first-order chi connectivity index (χ1) is 10.2. The SMILES string of the molecule is CN1CCCC1CNc1c([N+](=O)[O-])cnc2ccccc12. The third-order valence-corrected chi connectivity index (χ3v) is 4.14. The summed E-state index contributed by atoms with van der Waals surface area (Å²) in [5.74, 6) is 0. The molecule has 1 fully saturated rings. The number of hydrogen-bond acceptors (Lipinski definition) is 5. The second kappa shape index (κ2) is 5.65. The highest BCUT2D eigenvalue weighted by Crippen LogP contribution is 2.31. The van der Waals surface area contributed by atoms with E-state index < -0.39 is 0 Å². The summed E-state index contributed by atoms with van der Waals surface area (Å²) in [6.07, 6.45) is 3.64. The molecule has 6 nitrogen and oxygen atoms in total. The smallest absolute Gasteiger partial charge is 0.311 e. The lowest BCUT2D eigenvalue weighted by atomic mass is 10.1. The number of nitrogens with zero attached hydrogens (tertiary/aromatic N) is 3. The summed E-state index contributed by atoms with van der Waals surface area (Å²) >= 11 is 0. The summed E-state index contributed by atoms with van der Waals surface area (Å²) in [6.45, 7) is 1.80. The Hall–Kier alpha value is -2.21. The van der Waals surface area contributed by atoms with E-state index in [1.807, 2.05) is 24.3 Å². The van der Waals surface area contributed by atoms with Gasteiger partial charge in [0.05, 0.1) is 10.4 Å². The van der Waals surface area contributed by atoms with E-state index in [1.54, 1.807) is 0 Å². The average Bonchev–Trinajstić information content (AvgIpc) is 2.89. The van der Waals surface area contributed by atoms with Gasteiger partial charge >= 0.3 is 5.69 Å². The van der Waals surface area contributed by atoms with Gasteiger partial charge in [-0.05, 0) is 32.5 Å². The molecule has 0 aliphatic carbocycles. The maximum atomic E-state index is 11.2. The number of aromatic nitrogens is 1. The second-order valence-electron chi connectivity index (χ2n) is 5.45. The van der Waals surface area contributed by atoms with Crippen LogP contribution in [0.3, 0.4) is 0 Å². The lowest BCUT2D eigenvalue weighted by Gasteiger charge is -2.20. The van der Waals surface area contributed by atoms with Crippen molar-refractivity contribution < 1.29 is 4.92 Å². The van der Waals surface area contributed by atoms with Gasteiger partial charge < -0.3 is 10.2 Å². The molecular weight excluding hydrogens is 268 g/mol. The lowest BCUT2D eigenvalue weighted by Crippen LogP contribution is -2.31. The van der Waals surface area contributed by atoms with Crippen LogP contribution in [0.4, 0.5) is 11.4 Å². The van der Waals surface area contributed by atoms with E-state index in [0.29, 0.717) is 18.3 Å². The number of para-hydroxylation sites is 1. The standard InChI is InChI=1S/C15H18N4O2/c1-18-8-4-5-11(18)9-17-15-12-6-2-3-7-13(12)16-10-14(15)19(20)21/h2-3,6-7,10-11H,4-5,8-9H2,1H3,(H,16,17). The number of benzene rings is 1. The van der Waals surface area contributed by atoms with Crippen molar-refractivity contribution in [1.29, 1.82) is 0 Å². The minimum absolute atomic E-state index is 0.0364. The number of likely N-dealkylation sites (tertiary alicyclic amines) is 1. The Morgan fingerprint density at radius 3 is 3.00 bits per heavy atom. The molecule has 110 valence electrons. The Bertz CT molecular complexity index is 674. The molecule has 2 aromatic rings. The molecule has 3 rings (SSSR count). The van der Waals surface area contributed by atoms with E-state index in [4.69, 9.17) is 0 Å². The largest absolute Gasteiger partial charge is 0.377 e. The normalized spacial score (nSPS) is 19.0. The maximum absolute atomic E-state index is 11.2. The van der Waals surface area contributed by atoms with Crippen molar-refractivity contribution in [1.82, 2.24) is 9.88 Å². The summed E-state index contributed by atoms with van der Waals surface area (Å²) in [5, 5.41) is 15.3. The number of fused-ring (bicyclic) bond motifs is 1. The number of rotatable bonds is 4. The van der Waals surface area contributed by atoms with E-state index in [1.165, 1.54) is 12.6 Å². The topological polar surface area (TPSA) is 71.3 Å². The number of likely N-dealkylation sites (N-methyl/N-ethyl adjacent to an activating group) is 1. The van der Waals surface area contributed by atoms with Crippen LogP contribution in [0.25, 0.3) is 10.9 Å². The predicted molar refractivity (Wildman–Crippen MR) is 82.5 cm³/mol. The van der Waals surface area contributed by atoms with Gasteiger partial charge in [0.25, 0.3) is 0 Å². The van der Waals surface area contributed by atoms with Gasteiger partial charge in [-0.2, -0.15) is 0 Å². The van der Waals surface area contributed by atoms with E-state index in [9.17, 15) is 10.1 Å². The van der Waals surface area contributed by atoms with Crippen LogP contribution in [0.5, 0.6) is 0 Å². The van der Waals surface area contributed by atoms with Crippen LogP contribution in [0.15, 0.2) is 30.5 Å². The van der Waals surface area contributed by atoms with Crippen molar-refractivity contribution in [2.24, 2.45) is 0 Å². The number of hydrogen-bond donors (Lipinski definition) is 1. The number of anilines is 1. The fourth-order valence-electron chi connectivity index (χ4n) is 2.91. The van der Waals surface area contributed by atoms with Crippen LogP contribution >= 0.6 is 0 Å². The summed E-state index contributed by atoms with van der Waals surface area (Å²) < 4.78 is 0. The van der Waals surface area contributed by atoms with Gasteiger partial charge in [0, 0.05) is 18.0 Å². The number of nitrogens with one attached hydrogen (secondary N) is 1. The minimum atomic E-state index is -0.375. The van der Waals surface area contributed by atoms with Gasteiger partial charge in [0.1, 0.15) is 11.9 Å². The zero-order valence-electron chi connectivity index (χ0n) is 12.0. The predicted octanol–water partition coefficient (Wildman–Crippen LogP) is 2.65. The first-order valence-corrected chi connectivity index (χ1v) is 7.13. The molecule has 1 aliphatic rings. The quantitative estimate of drug-likeness (QED) is 0.691. The molecule has 1 atom stereocenters. The molecule has 6 heteroatoms. The van der Waals surface area contributed by atoms with E-state index in [2.05, 4.69) is 22.2 Å². The van der Waals surface area contributed by atoms with Gasteiger partial charge in [0.2, 0.25) is 0 Å². The molecule has 1 unspecified atom stereocenters. The molecule has 1 aromatic heterocycles. The second-order valence-corrected chi connectivity index (χ2v) is 5.45. The third-order valence-electron chi connectivity index (χ3n) is 4.14. The molecule has 1 saturated heterocycles. The molecule has 1 aromatic carbocycles. The molecular formula is C15H18N4O2. The fourth-order valence-corrected chi connectivity index (χ4v) is 2.91. The lowest BCUT2D eigenvalue weighted by molar-refractivity contribution is -0.384. The van der Waals surface area contributed by atoms with Crippen LogP contribution < -0.4 is 5.32 Å². The Balaban J connectivity index is 1.94. The van der Waals surface area contributed by atoms with Gasteiger partial charge in [0.15, 0.2) is 0 Å². The van der Waals surface area contributed by atoms with E-state index in [0.717, 1.165) is 23.9 Å². The molecule has 1 N–H and O–H groups in total. The molecule has 0 spiro atoms. The Labute approximate surface area is 122 Å². The van der Waals surface area contributed by atoms with Crippen molar-refractivity contribution in [3.05, 3.63) is 40.6 Å². The first-order valence-electron chi connectivity index (χ1n) is 7.13. The van der Waals surface area contributed by atoms with Crippen molar-refractivity contribution >= 4 is 22.3 Å². The van der Waals surface area contributed by atoms with E-state index >= 15 is 0 Å². The third kappa shape index (κ3) is 2.67. The molecule has 0 amide bonds. The van der Waals surface area contributed by atoms with E-state index in [-0.39, 0.29) is 10.6 Å². The van der Waals surface area contributed by atoms with Crippen LogP contribution in [-0.4, -0.2) is 41.0 Å². The van der Waals surface area contributed by atoms with Crippen LogP contribution in [0.2, 0.25) is 0 Å². The minimum Gasteiger partial charge on any atom is -0.377 e. The van der Waals surface area contributed by atoms with Crippen molar-refractivity contribution in [2.75, 3.05) is 25.5 Å². The molecule has 21 heavy (non-hydrogen) atoms. The molecule has 0 saturated carbocycles. The van der Waals surface area contributed by atoms with Crippen molar-refractivity contribution in [3.8, 4) is 0 Å². The summed E-state index contributed by atoms with van der Waals surface area (Å²) in [4.78, 5) is 17.3. The van der Waals surface area contributed by atoms with Gasteiger partial charge in [-0.3, -0.25) is 10.1 Å². The summed E-state index contributed by atoms with van der Waals surface area (Å²) in [7, 11) is 2.10. The van der Waals surface area contributed by atoms with Crippen molar-refractivity contribution in [3.63, 3.8) is 0 Å². The zero-order valence-corrected chi connectivity index (χ0v) is 12.0. The highest BCUT2D eigenvalue weighted by atomic mass is 16.6. The summed E-state index contributed by atoms with van der Waals surface area (Å²) in [6, 6.07) is 7.93. The number of pyridine rings is 1. The average molecular weight is 286 g/mol. The van der Waals surface area contributed by atoms with Gasteiger partial charge in [-0.15, -0.1) is 0 Å². The Morgan fingerprint density at radius 1 is 1.48 bits per heavy atom. The molecule has 0 bridgehead atoms. The monoisotopic (exact) mass is 286 g/mol. The Morgan fingerprint density at radius 2 is 2.29 bits per heavy atom. The Kier molecular flexibility index (Phi) is 3.70. The fraction of sp³-hybridized carbons (Fsp3) is 0.400. The van der Waals surface area contributed by atoms with Crippen molar-refractivity contribution in [2.45, 2.75) is 18.9 Å². The van der Waals surface area contributed by atoms with Crippen LogP contribution in [0, 0.1) is 10.1 Å². The molecule has 1 aliphatic heterocycles. The molecule has 0 radical (unpaired) electrons. The first kappa shape index (κ1) is 13.8. The van der Waals surface area contributed by atoms with Gasteiger partial charge in [-0.1, -0.05) is 18.2 Å². The van der Waals surface area contributed by atoms with Crippen LogP contribution in [0.1, 0.15) is 12.8 Å².